The van der Waals surface area contributed by atoms with Crippen LogP contribution in [-0.2, 0) is 0 Å². The zero-order valence-corrected chi connectivity index (χ0v) is 7.86. The summed E-state index contributed by atoms with van der Waals surface area (Å²) in [6, 6.07) is 9.14. The van der Waals surface area contributed by atoms with E-state index < -0.39 is 13.0 Å². The molecule has 0 saturated heterocycles. The summed E-state index contributed by atoms with van der Waals surface area (Å²) in [5.74, 6) is 0.369. The first-order chi connectivity index (χ1) is 7.25. The third-order valence-electron chi connectivity index (χ3n) is 1.94. The van der Waals surface area contributed by atoms with Gasteiger partial charge in [0.05, 0.1) is 11.7 Å². The maximum atomic E-state index is 11.9. The molecular weight excluding hydrogens is 200 g/mol. The Morgan fingerprint density at radius 3 is 2.87 bits per heavy atom. The lowest BCUT2D eigenvalue weighted by Crippen LogP contribution is -2.06. The van der Waals surface area contributed by atoms with Crippen LogP contribution in [0, 0.1) is 0 Å². The second kappa shape index (κ2) is 4.21. The van der Waals surface area contributed by atoms with Crippen LogP contribution in [0.5, 0.6) is 5.75 Å². The van der Waals surface area contributed by atoms with Crippen LogP contribution in [0.1, 0.15) is 0 Å². The number of rotatable bonds is 3. The SMILES string of the molecule is FC(F)COc1cnc2ccccc2c1. The summed E-state index contributed by atoms with van der Waals surface area (Å²) >= 11 is 0. The number of halogens is 2. The van der Waals surface area contributed by atoms with Crippen molar-refractivity contribution in [1.29, 1.82) is 0 Å². The molecule has 2 nitrogen and oxygen atoms in total. The molecule has 1 heterocycles. The van der Waals surface area contributed by atoms with Crippen molar-refractivity contribution in [3.8, 4) is 5.75 Å². The molecule has 1 aromatic carbocycles. The van der Waals surface area contributed by atoms with Gasteiger partial charge in [0.2, 0.25) is 0 Å². The molecule has 4 heteroatoms. The van der Waals surface area contributed by atoms with Crippen LogP contribution in [0.2, 0.25) is 0 Å². The summed E-state index contributed by atoms with van der Waals surface area (Å²) in [5.41, 5.74) is 0.821. The Labute approximate surface area is 85.5 Å². The molecule has 0 aliphatic heterocycles. The van der Waals surface area contributed by atoms with E-state index in [1.165, 1.54) is 6.20 Å². The number of hydrogen-bond acceptors (Lipinski definition) is 2. The van der Waals surface area contributed by atoms with Crippen LogP contribution < -0.4 is 4.74 Å². The number of aromatic nitrogens is 1. The van der Waals surface area contributed by atoms with Crippen molar-refractivity contribution in [2.75, 3.05) is 6.61 Å². The monoisotopic (exact) mass is 209 g/mol. The van der Waals surface area contributed by atoms with E-state index in [9.17, 15) is 8.78 Å². The van der Waals surface area contributed by atoms with Gasteiger partial charge < -0.3 is 4.74 Å². The summed E-state index contributed by atoms with van der Waals surface area (Å²) in [4.78, 5) is 4.09. The second-order valence-corrected chi connectivity index (χ2v) is 3.07. The Bertz CT molecular complexity index is 459. The van der Waals surface area contributed by atoms with Crippen molar-refractivity contribution in [2.24, 2.45) is 0 Å². The van der Waals surface area contributed by atoms with Crippen LogP contribution in [0.3, 0.4) is 0 Å². The summed E-state index contributed by atoms with van der Waals surface area (Å²) in [6.45, 7) is -0.597. The molecule has 2 rings (SSSR count). The first kappa shape index (κ1) is 9.83. The van der Waals surface area contributed by atoms with Crippen LogP contribution in [0.4, 0.5) is 8.78 Å². The summed E-state index contributed by atoms with van der Waals surface area (Å²) < 4.78 is 28.6. The van der Waals surface area contributed by atoms with Crippen LogP contribution >= 0.6 is 0 Å². The fourth-order valence-electron chi connectivity index (χ4n) is 1.29. The molecule has 0 amide bonds. The average molecular weight is 209 g/mol. The third kappa shape index (κ3) is 2.40. The van der Waals surface area contributed by atoms with Gasteiger partial charge in [-0.25, -0.2) is 8.78 Å². The Morgan fingerprint density at radius 2 is 2.07 bits per heavy atom. The predicted octanol–water partition coefficient (Wildman–Crippen LogP) is 2.88. The third-order valence-corrected chi connectivity index (χ3v) is 1.94. The van der Waals surface area contributed by atoms with Crippen molar-refractivity contribution in [3.63, 3.8) is 0 Å². The molecule has 0 atom stereocenters. The van der Waals surface area contributed by atoms with Crippen LogP contribution in [0.15, 0.2) is 36.5 Å². The Kier molecular flexibility index (Phi) is 2.76. The number of hydrogen-bond donors (Lipinski definition) is 0. The van der Waals surface area contributed by atoms with E-state index in [2.05, 4.69) is 4.98 Å². The molecule has 0 bridgehead atoms. The molecule has 2 aromatic rings. The molecule has 0 aliphatic carbocycles. The largest absolute Gasteiger partial charge is 0.486 e. The van der Waals surface area contributed by atoms with Gasteiger partial charge in [0.1, 0.15) is 12.4 Å². The van der Waals surface area contributed by atoms with Crippen LogP contribution in [0.25, 0.3) is 10.9 Å². The van der Waals surface area contributed by atoms with Gasteiger partial charge in [-0.05, 0) is 12.1 Å². The van der Waals surface area contributed by atoms with E-state index in [1.54, 1.807) is 6.07 Å². The molecule has 0 fully saturated rings. The Balaban J connectivity index is 2.23. The quantitative estimate of drug-likeness (QED) is 0.775. The fraction of sp³-hybridized carbons (Fsp3) is 0.182. The first-order valence-corrected chi connectivity index (χ1v) is 4.51. The molecule has 0 radical (unpaired) electrons. The molecule has 0 aliphatic rings. The van der Waals surface area contributed by atoms with E-state index in [-0.39, 0.29) is 0 Å². The van der Waals surface area contributed by atoms with E-state index in [4.69, 9.17) is 4.74 Å². The van der Waals surface area contributed by atoms with Gasteiger partial charge in [-0.1, -0.05) is 18.2 Å². The smallest absolute Gasteiger partial charge is 0.272 e. The summed E-state index contributed by atoms with van der Waals surface area (Å²) in [7, 11) is 0. The lowest BCUT2D eigenvalue weighted by Gasteiger charge is -2.05. The van der Waals surface area contributed by atoms with E-state index >= 15 is 0 Å². The van der Waals surface area contributed by atoms with Crippen molar-refractivity contribution in [2.45, 2.75) is 6.43 Å². The second-order valence-electron chi connectivity index (χ2n) is 3.07. The number of para-hydroxylation sites is 1. The zero-order chi connectivity index (χ0) is 10.7. The fourth-order valence-corrected chi connectivity index (χ4v) is 1.29. The Morgan fingerprint density at radius 1 is 1.27 bits per heavy atom. The van der Waals surface area contributed by atoms with E-state index in [1.807, 2.05) is 24.3 Å². The molecule has 1 aromatic heterocycles. The number of ether oxygens (including phenoxy) is 1. The zero-order valence-electron chi connectivity index (χ0n) is 7.86. The summed E-state index contributed by atoms with van der Waals surface area (Å²) in [6.07, 6.45) is -1.01. The number of nitrogens with zero attached hydrogens (tertiary/aromatic N) is 1. The molecule has 0 spiro atoms. The maximum Gasteiger partial charge on any atom is 0.272 e. The maximum absolute atomic E-state index is 11.9. The highest BCUT2D eigenvalue weighted by atomic mass is 19.3. The van der Waals surface area contributed by atoms with Gasteiger partial charge in [-0.15, -0.1) is 0 Å². The van der Waals surface area contributed by atoms with E-state index in [0.717, 1.165) is 10.9 Å². The van der Waals surface area contributed by atoms with Gasteiger partial charge in [0, 0.05) is 5.39 Å². The van der Waals surface area contributed by atoms with Gasteiger partial charge in [-0.3, -0.25) is 4.98 Å². The minimum absolute atomic E-state index is 0.369. The normalized spacial score (nSPS) is 10.9. The van der Waals surface area contributed by atoms with E-state index in [0.29, 0.717) is 5.75 Å². The highest BCUT2D eigenvalue weighted by Crippen LogP contribution is 2.18. The number of benzene rings is 1. The Hall–Kier alpha value is -1.71. The molecule has 15 heavy (non-hydrogen) atoms. The topological polar surface area (TPSA) is 22.1 Å². The predicted molar refractivity (Wildman–Crippen MR) is 53.2 cm³/mol. The molecule has 0 N–H and O–H groups in total. The highest BCUT2D eigenvalue weighted by molar-refractivity contribution is 5.79. The van der Waals surface area contributed by atoms with Gasteiger partial charge >= 0.3 is 0 Å². The van der Waals surface area contributed by atoms with Gasteiger partial charge in [0.25, 0.3) is 6.43 Å². The van der Waals surface area contributed by atoms with Crippen molar-refractivity contribution in [1.82, 2.24) is 4.98 Å². The van der Waals surface area contributed by atoms with Crippen LogP contribution in [-0.4, -0.2) is 18.0 Å². The molecule has 78 valence electrons. The van der Waals surface area contributed by atoms with Gasteiger partial charge in [-0.2, -0.15) is 0 Å². The van der Waals surface area contributed by atoms with Crippen molar-refractivity contribution >= 4 is 10.9 Å². The minimum atomic E-state index is -2.46. The molecule has 0 unspecified atom stereocenters. The summed E-state index contributed by atoms with van der Waals surface area (Å²) in [5, 5.41) is 0.879. The lowest BCUT2D eigenvalue weighted by molar-refractivity contribution is 0.0818. The highest BCUT2D eigenvalue weighted by Gasteiger charge is 2.04. The standard InChI is InChI=1S/C11H9F2NO/c12-11(13)7-15-9-5-8-3-1-2-4-10(8)14-6-9/h1-6,11H,7H2. The number of fused-ring (bicyclic) bond motifs is 1. The molecule has 0 saturated carbocycles. The number of alkyl halides is 2. The average Bonchev–Trinajstić information content (AvgIpc) is 2.26. The van der Waals surface area contributed by atoms with Gasteiger partial charge in [0.15, 0.2) is 0 Å². The van der Waals surface area contributed by atoms with Crippen molar-refractivity contribution < 1.29 is 13.5 Å². The minimum Gasteiger partial charge on any atom is -0.486 e. The van der Waals surface area contributed by atoms with Crippen molar-refractivity contribution in [3.05, 3.63) is 36.5 Å². The number of pyridine rings is 1. The molecular formula is C11H9F2NO. The first-order valence-electron chi connectivity index (χ1n) is 4.51. The lowest BCUT2D eigenvalue weighted by atomic mass is 10.2.